The van der Waals surface area contributed by atoms with Crippen LogP contribution in [0.15, 0.2) is 21.2 Å². The van der Waals surface area contributed by atoms with E-state index in [0.717, 1.165) is 10.9 Å². The van der Waals surface area contributed by atoms with Crippen molar-refractivity contribution >= 4 is 31.9 Å². The Kier molecular flexibility index (Phi) is 5.39. The zero-order valence-electron chi connectivity index (χ0n) is 8.82. The largest absolute Gasteiger partial charge is 0.385 e. The van der Waals surface area contributed by atoms with Gasteiger partial charge in [-0.25, -0.2) is 0 Å². The molecule has 0 radical (unpaired) electrons. The van der Waals surface area contributed by atoms with E-state index < -0.39 is 12.0 Å². The van der Waals surface area contributed by atoms with Crippen molar-refractivity contribution in [1.82, 2.24) is 4.98 Å². The van der Waals surface area contributed by atoms with Gasteiger partial charge < -0.3 is 5.11 Å². The number of rotatable bonds is 4. The highest BCUT2D eigenvalue weighted by Gasteiger charge is 2.23. The molecule has 2 atom stereocenters. The average Bonchev–Trinajstić information content (AvgIpc) is 2.25. The van der Waals surface area contributed by atoms with Gasteiger partial charge in [-0.1, -0.05) is 13.3 Å². The van der Waals surface area contributed by atoms with Gasteiger partial charge >= 0.3 is 0 Å². The fourth-order valence-electron chi connectivity index (χ4n) is 1.44. The first-order chi connectivity index (χ1) is 7.60. The molecule has 2 unspecified atom stereocenters. The maximum atomic E-state index is 10.1. The van der Waals surface area contributed by atoms with E-state index in [9.17, 15) is 5.11 Å². The molecule has 1 rings (SSSR count). The summed E-state index contributed by atoms with van der Waals surface area (Å²) < 4.78 is 1.55. The molecular weight excluding hydrogens is 336 g/mol. The summed E-state index contributed by atoms with van der Waals surface area (Å²) in [5, 5.41) is 19.0. The number of pyridine rings is 1. The highest BCUT2D eigenvalue weighted by Crippen LogP contribution is 2.30. The highest BCUT2D eigenvalue weighted by molar-refractivity contribution is 9.11. The van der Waals surface area contributed by atoms with Crippen LogP contribution < -0.4 is 0 Å². The van der Waals surface area contributed by atoms with Gasteiger partial charge in [-0.05, 0) is 44.3 Å². The molecule has 0 aliphatic carbocycles. The second kappa shape index (κ2) is 6.33. The van der Waals surface area contributed by atoms with E-state index in [2.05, 4.69) is 42.9 Å². The molecule has 0 amide bonds. The van der Waals surface area contributed by atoms with Crippen LogP contribution in [0.25, 0.3) is 0 Å². The van der Waals surface area contributed by atoms with Gasteiger partial charge in [-0.15, -0.1) is 0 Å². The molecule has 0 saturated heterocycles. The number of nitrogens with zero attached hydrogens (tertiary/aromatic N) is 2. The number of hydrogen-bond donors (Lipinski definition) is 1. The molecule has 0 spiro atoms. The minimum Gasteiger partial charge on any atom is -0.385 e. The van der Waals surface area contributed by atoms with Gasteiger partial charge in [0.05, 0.1) is 17.7 Å². The number of aromatic nitrogens is 1. The van der Waals surface area contributed by atoms with Crippen molar-refractivity contribution in [2.75, 3.05) is 0 Å². The molecule has 0 saturated carbocycles. The van der Waals surface area contributed by atoms with E-state index in [-0.39, 0.29) is 0 Å². The third-order valence-corrected chi connectivity index (χ3v) is 3.33. The van der Waals surface area contributed by atoms with Crippen molar-refractivity contribution < 1.29 is 5.11 Å². The summed E-state index contributed by atoms with van der Waals surface area (Å²) in [6.45, 7) is 1.99. The molecule has 3 nitrogen and oxygen atoms in total. The summed E-state index contributed by atoms with van der Waals surface area (Å²) in [6, 6.07) is 3.93. The van der Waals surface area contributed by atoms with E-state index in [1.54, 1.807) is 6.20 Å². The minimum absolute atomic E-state index is 0.407. The van der Waals surface area contributed by atoms with Crippen molar-refractivity contribution in [2.45, 2.75) is 25.9 Å². The van der Waals surface area contributed by atoms with Gasteiger partial charge in [0.1, 0.15) is 6.10 Å². The third-order valence-electron chi connectivity index (χ3n) is 2.26. The first-order valence-electron chi connectivity index (χ1n) is 4.98. The van der Waals surface area contributed by atoms with Gasteiger partial charge in [0.15, 0.2) is 0 Å². The monoisotopic (exact) mass is 346 g/mol. The number of hydrogen-bond acceptors (Lipinski definition) is 3. The first-order valence-corrected chi connectivity index (χ1v) is 6.57. The van der Waals surface area contributed by atoms with E-state index in [0.29, 0.717) is 16.6 Å². The maximum Gasteiger partial charge on any atom is 0.113 e. The molecule has 0 aromatic carbocycles. The predicted molar refractivity (Wildman–Crippen MR) is 68.6 cm³/mol. The molecule has 86 valence electrons. The van der Waals surface area contributed by atoms with Crippen molar-refractivity contribution in [3.8, 4) is 6.07 Å². The molecular formula is C11H12Br2N2O. The third kappa shape index (κ3) is 3.27. The fraction of sp³-hybridized carbons (Fsp3) is 0.455. The van der Waals surface area contributed by atoms with E-state index >= 15 is 0 Å². The van der Waals surface area contributed by atoms with Crippen LogP contribution in [-0.4, -0.2) is 10.1 Å². The lowest BCUT2D eigenvalue weighted by Gasteiger charge is -2.16. The van der Waals surface area contributed by atoms with Crippen LogP contribution in [-0.2, 0) is 0 Å². The molecule has 0 aliphatic heterocycles. The Hall–Kier alpha value is -0.440. The molecule has 0 bridgehead atoms. The van der Waals surface area contributed by atoms with E-state index in [1.807, 2.05) is 13.0 Å². The highest BCUT2D eigenvalue weighted by atomic mass is 79.9. The number of halogens is 2. The smallest absolute Gasteiger partial charge is 0.113 e. The zero-order valence-corrected chi connectivity index (χ0v) is 12.0. The molecule has 1 N–H and O–H groups in total. The Morgan fingerprint density at radius 1 is 1.56 bits per heavy atom. The lowest BCUT2D eigenvalue weighted by molar-refractivity contribution is 0.124. The standard InChI is InChI=1S/C11H12Br2N2O/c1-2-3-7(5-14)11(16)10-9(13)4-8(12)6-15-10/h4,6-7,11,16H,2-3H2,1H3. The molecule has 1 aromatic heterocycles. The van der Waals surface area contributed by atoms with Gasteiger partial charge in [0.25, 0.3) is 0 Å². The van der Waals surface area contributed by atoms with E-state index in [1.165, 1.54) is 0 Å². The minimum atomic E-state index is -0.840. The average molecular weight is 348 g/mol. The first kappa shape index (κ1) is 13.6. The lowest BCUT2D eigenvalue weighted by Crippen LogP contribution is -2.12. The molecule has 5 heteroatoms. The molecule has 16 heavy (non-hydrogen) atoms. The zero-order chi connectivity index (χ0) is 12.1. The second-order valence-electron chi connectivity index (χ2n) is 3.49. The maximum absolute atomic E-state index is 10.1. The topological polar surface area (TPSA) is 56.9 Å². The van der Waals surface area contributed by atoms with Gasteiger partial charge in [-0.3, -0.25) is 4.98 Å². The Labute approximate surface area is 112 Å². The Morgan fingerprint density at radius 3 is 2.75 bits per heavy atom. The van der Waals surface area contributed by atoms with Crippen LogP contribution in [0.3, 0.4) is 0 Å². The number of aliphatic hydroxyl groups excluding tert-OH is 1. The van der Waals surface area contributed by atoms with Crippen molar-refractivity contribution in [2.24, 2.45) is 5.92 Å². The van der Waals surface area contributed by atoms with Crippen molar-refractivity contribution in [3.05, 3.63) is 26.9 Å². The molecule has 1 aromatic rings. The van der Waals surface area contributed by atoms with Crippen molar-refractivity contribution in [3.63, 3.8) is 0 Å². The molecule has 0 fully saturated rings. The Bertz CT molecular complexity index is 403. The van der Waals surface area contributed by atoms with Crippen LogP contribution in [0.4, 0.5) is 0 Å². The van der Waals surface area contributed by atoms with Gasteiger partial charge in [0.2, 0.25) is 0 Å². The van der Waals surface area contributed by atoms with E-state index in [4.69, 9.17) is 5.26 Å². The summed E-state index contributed by atoms with van der Waals surface area (Å²) in [6.07, 6.45) is 2.31. The summed E-state index contributed by atoms with van der Waals surface area (Å²) >= 11 is 6.63. The second-order valence-corrected chi connectivity index (χ2v) is 5.26. The summed E-state index contributed by atoms with van der Waals surface area (Å²) in [5.41, 5.74) is 0.517. The van der Waals surface area contributed by atoms with Crippen LogP contribution in [0.2, 0.25) is 0 Å². The molecule has 1 heterocycles. The van der Waals surface area contributed by atoms with Crippen LogP contribution in [0.5, 0.6) is 0 Å². The van der Waals surface area contributed by atoms with Crippen LogP contribution >= 0.6 is 31.9 Å². The summed E-state index contributed by atoms with van der Waals surface area (Å²) in [4.78, 5) is 4.13. The summed E-state index contributed by atoms with van der Waals surface area (Å²) in [5.74, 6) is -0.407. The number of aliphatic hydroxyl groups is 1. The fourth-order valence-corrected chi connectivity index (χ4v) is 2.66. The summed E-state index contributed by atoms with van der Waals surface area (Å²) in [7, 11) is 0. The van der Waals surface area contributed by atoms with Crippen molar-refractivity contribution in [1.29, 1.82) is 5.26 Å². The quantitative estimate of drug-likeness (QED) is 0.905. The Morgan fingerprint density at radius 2 is 2.25 bits per heavy atom. The molecule has 0 aliphatic rings. The SMILES string of the molecule is CCCC(C#N)C(O)c1ncc(Br)cc1Br. The van der Waals surface area contributed by atoms with Gasteiger partial charge in [-0.2, -0.15) is 5.26 Å². The predicted octanol–water partition coefficient (Wildman–Crippen LogP) is 3.58. The Balaban J connectivity index is 2.95. The lowest BCUT2D eigenvalue weighted by atomic mass is 9.96. The van der Waals surface area contributed by atoms with Gasteiger partial charge in [0, 0.05) is 15.1 Å². The number of nitriles is 1. The normalized spacial score (nSPS) is 14.2. The van der Waals surface area contributed by atoms with Crippen LogP contribution in [0, 0.1) is 17.2 Å². The van der Waals surface area contributed by atoms with Crippen LogP contribution in [0.1, 0.15) is 31.6 Å².